The number of aliphatic hydroxyl groups excluding tert-OH is 3. The van der Waals surface area contributed by atoms with Crippen molar-refractivity contribution in [3.63, 3.8) is 0 Å². The van der Waals surface area contributed by atoms with Gasteiger partial charge >= 0.3 is 19.8 Å². The standard InChI is InChI=1S/C44H79O11P/c1-3-5-7-9-11-13-15-17-18-20-22-24-26-28-30-34-43(48)52-38-42(39-54-56(50,51)53-37-41(47)36-45)55-44(49)35-31-33-40(46)32-29-27-25-23-21-19-16-14-12-10-8-6-4-2/h12,14,19,21,25,27,29,32,40-42,45-47H,3-11,13,15-18,20,22-24,26,28,30-31,33-39H2,1-2H3,(H,50,51)/b14-12+,21-19+,27-25+,32-29+. The molecular formula is C44H79O11P. The van der Waals surface area contributed by atoms with E-state index in [1.807, 2.05) is 12.2 Å². The predicted octanol–water partition coefficient (Wildman–Crippen LogP) is 10.3. The Morgan fingerprint density at radius 2 is 1.12 bits per heavy atom. The van der Waals surface area contributed by atoms with Gasteiger partial charge in [0.2, 0.25) is 0 Å². The Kier molecular flexibility index (Phi) is 38.2. The van der Waals surface area contributed by atoms with Crippen LogP contribution in [0.4, 0.5) is 0 Å². The quantitative estimate of drug-likeness (QED) is 0.0153. The van der Waals surface area contributed by atoms with Gasteiger partial charge in [0.05, 0.1) is 25.9 Å². The number of phosphoric ester groups is 1. The Morgan fingerprint density at radius 3 is 1.73 bits per heavy atom. The van der Waals surface area contributed by atoms with Crippen LogP contribution in [0.25, 0.3) is 0 Å². The first kappa shape index (κ1) is 53.9. The van der Waals surface area contributed by atoms with E-state index in [-0.39, 0.29) is 19.4 Å². The highest BCUT2D eigenvalue weighted by atomic mass is 31.2. The van der Waals surface area contributed by atoms with Crippen LogP contribution in [0.2, 0.25) is 0 Å². The third kappa shape index (κ3) is 38.7. The number of hydrogen-bond donors (Lipinski definition) is 4. The second-order valence-corrected chi connectivity index (χ2v) is 16.0. The molecule has 0 aromatic carbocycles. The van der Waals surface area contributed by atoms with E-state index in [2.05, 4.69) is 42.7 Å². The van der Waals surface area contributed by atoms with Crippen molar-refractivity contribution in [2.75, 3.05) is 26.4 Å². The van der Waals surface area contributed by atoms with Gasteiger partial charge in [-0.15, -0.1) is 0 Å². The van der Waals surface area contributed by atoms with Crippen molar-refractivity contribution in [3.8, 4) is 0 Å². The molecule has 4 N–H and O–H groups in total. The molecule has 0 saturated carbocycles. The SMILES string of the molecule is CCCCC/C=C/C/C=C/C/C=C/C=C/C(O)CCCC(=O)OC(COC(=O)CCCCCCCCCCCCCCCCC)COP(=O)(O)OCC(O)CO. The lowest BCUT2D eigenvalue weighted by Crippen LogP contribution is -2.30. The summed E-state index contributed by atoms with van der Waals surface area (Å²) in [4.78, 5) is 35.0. The van der Waals surface area contributed by atoms with Gasteiger partial charge in [0.1, 0.15) is 12.7 Å². The van der Waals surface area contributed by atoms with Crippen LogP contribution in [0.3, 0.4) is 0 Å². The van der Waals surface area contributed by atoms with Gasteiger partial charge in [-0.05, 0) is 44.9 Å². The second-order valence-electron chi connectivity index (χ2n) is 14.6. The average molecular weight is 815 g/mol. The Labute approximate surface area is 339 Å². The van der Waals surface area contributed by atoms with Crippen molar-refractivity contribution in [2.45, 2.75) is 193 Å². The average Bonchev–Trinajstić information content (AvgIpc) is 3.18. The molecule has 4 atom stereocenters. The number of rotatable bonds is 40. The molecule has 0 bridgehead atoms. The summed E-state index contributed by atoms with van der Waals surface area (Å²) in [6.07, 6.45) is 38.2. The van der Waals surface area contributed by atoms with Crippen LogP contribution in [-0.4, -0.2) is 76.9 Å². The molecule has 12 heteroatoms. The minimum atomic E-state index is -4.67. The number of phosphoric acid groups is 1. The first-order valence-corrected chi connectivity index (χ1v) is 23.2. The molecular weight excluding hydrogens is 735 g/mol. The molecule has 0 rings (SSSR count). The van der Waals surface area contributed by atoms with E-state index < -0.39 is 57.9 Å². The first-order valence-electron chi connectivity index (χ1n) is 21.7. The van der Waals surface area contributed by atoms with Gasteiger partial charge in [0, 0.05) is 12.8 Å². The lowest BCUT2D eigenvalue weighted by molar-refractivity contribution is -0.161. The summed E-state index contributed by atoms with van der Waals surface area (Å²) in [6.45, 7) is 2.13. The molecule has 56 heavy (non-hydrogen) atoms. The molecule has 0 heterocycles. The van der Waals surface area contributed by atoms with Gasteiger partial charge in [-0.2, -0.15) is 0 Å². The Morgan fingerprint density at radius 1 is 0.607 bits per heavy atom. The van der Waals surface area contributed by atoms with E-state index in [4.69, 9.17) is 19.1 Å². The summed E-state index contributed by atoms with van der Waals surface area (Å²) in [6, 6.07) is 0. The summed E-state index contributed by atoms with van der Waals surface area (Å²) in [5, 5.41) is 28.6. The van der Waals surface area contributed by atoms with Crippen molar-refractivity contribution in [2.24, 2.45) is 0 Å². The minimum Gasteiger partial charge on any atom is -0.462 e. The number of carbonyl (C=O) groups excluding carboxylic acids is 2. The van der Waals surface area contributed by atoms with Crippen LogP contribution >= 0.6 is 7.82 Å². The fraction of sp³-hybridized carbons (Fsp3) is 0.773. The van der Waals surface area contributed by atoms with Gasteiger partial charge < -0.3 is 29.7 Å². The van der Waals surface area contributed by atoms with Crippen molar-refractivity contribution in [3.05, 3.63) is 48.6 Å². The number of hydrogen-bond acceptors (Lipinski definition) is 10. The zero-order chi connectivity index (χ0) is 41.4. The molecule has 0 saturated heterocycles. The highest BCUT2D eigenvalue weighted by molar-refractivity contribution is 7.47. The molecule has 4 unspecified atom stereocenters. The monoisotopic (exact) mass is 815 g/mol. The third-order valence-electron chi connectivity index (χ3n) is 9.09. The molecule has 0 aliphatic carbocycles. The molecule has 0 aromatic rings. The molecule has 0 spiro atoms. The van der Waals surface area contributed by atoms with E-state index in [1.54, 1.807) is 12.2 Å². The van der Waals surface area contributed by atoms with Crippen LogP contribution in [0.1, 0.15) is 174 Å². The van der Waals surface area contributed by atoms with Crippen molar-refractivity contribution >= 4 is 19.8 Å². The summed E-state index contributed by atoms with van der Waals surface area (Å²) >= 11 is 0. The van der Waals surface area contributed by atoms with E-state index in [0.29, 0.717) is 19.3 Å². The number of esters is 2. The summed E-state index contributed by atoms with van der Waals surface area (Å²) in [7, 11) is -4.67. The summed E-state index contributed by atoms with van der Waals surface area (Å²) in [5.41, 5.74) is 0. The largest absolute Gasteiger partial charge is 0.472 e. The van der Waals surface area contributed by atoms with Crippen LogP contribution in [0, 0.1) is 0 Å². The Balaban J connectivity index is 4.49. The van der Waals surface area contributed by atoms with E-state index in [0.717, 1.165) is 38.5 Å². The number of allylic oxidation sites excluding steroid dienone is 7. The zero-order valence-electron chi connectivity index (χ0n) is 35.0. The number of aliphatic hydroxyl groups is 3. The Hall–Kier alpha value is -2.11. The number of carbonyl (C=O) groups is 2. The van der Waals surface area contributed by atoms with Gasteiger partial charge in [0.15, 0.2) is 6.10 Å². The van der Waals surface area contributed by atoms with Crippen molar-refractivity contribution in [1.29, 1.82) is 0 Å². The van der Waals surface area contributed by atoms with Crippen molar-refractivity contribution < 1.29 is 52.9 Å². The first-order chi connectivity index (χ1) is 27.1. The van der Waals surface area contributed by atoms with E-state index >= 15 is 0 Å². The third-order valence-corrected chi connectivity index (χ3v) is 10.0. The molecule has 0 fully saturated rings. The highest BCUT2D eigenvalue weighted by Gasteiger charge is 2.27. The van der Waals surface area contributed by atoms with E-state index in [9.17, 15) is 29.3 Å². The Bertz CT molecular complexity index is 1090. The van der Waals surface area contributed by atoms with Gasteiger partial charge in [0.25, 0.3) is 0 Å². The van der Waals surface area contributed by atoms with E-state index in [1.165, 1.54) is 89.9 Å². The molecule has 0 aliphatic heterocycles. The summed E-state index contributed by atoms with van der Waals surface area (Å²) in [5.74, 6) is -1.12. The lowest BCUT2D eigenvalue weighted by atomic mass is 10.0. The summed E-state index contributed by atoms with van der Waals surface area (Å²) < 4.78 is 32.5. The highest BCUT2D eigenvalue weighted by Crippen LogP contribution is 2.43. The number of unbranched alkanes of at least 4 members (excludes halogenated alkanes) is 17. The van der Waals surface area contributed by atoms with Crippen molar-refractivity contribution in [1.82, 2.24) is 0 Å². The molecule has 326 valence electrons. The fourth-order valence-corrected chi connectivity index (χ4v) is 6.47. The normalized spacial score (nSPS) is 14.9. The topological polar surface area (TPSA) is 169 Å². The van der Waals surface area contributed by atoms with Crippen LogP contribution < -0.4 is 0 Å². The zero-order valence-corrected chi connectivity index (χ0v) is 35.8. The molecule has 0 aliphatic rings. The molecule has 0 radical (unpaired) electrons. The second kappa shape index (κ2) is 39.7. The van der Waals surface area contributed by atoms with Gasteiger partial charge in [-0.3, -0.25) is 18.6 Å². The minimum absolute atomic E-state index is 0.0435. The van der Waals surface area contributed by atoms with Gasteiger partial charge in [-0.1, -0.05) is 165 Å². The maximum atomic E-state index is 12.6. The maximum absolute atomic E-state index is 12.6. The molecule has 11 nitrogen and oxygen atoms in total. The van der Waals surface area contributed by atoms with Crippen LogP contribution in [0.5, 0.6) is 0 Å². The maximum Gasteiger partial charge on any atom is 0.472 e. The van der Waals surface area contributed by atoms with Crippen LogP contribution in [-0.2, 0) is 32.7 Å². The fourth-order valence-electron chi connectivity index (χ4n) is 5.68. The predicted molar refractivity (Wildman–Crippen MR) is 225 cm³/mol. The van der Waals surface area contributed by atoms with Gasteiger partial charge in [-0.25, -0.2) is 4.57 Å². The smallest absolute Gasteiger partial charge is 0.462 e. The molecule has 0 aromatic heterocycles. The lowest BCUT2D eigenvalue weighted by Gasteiger charge is -2.20. The molecule has 0 amide bonds. The number of ether oxygens (including phenoxy) is 2. The van der Waals surface area contributed by atoms with Crippen LogP contribution in [0.15, 0.2) is 48.6 Å².